The minimum absolute atomic E-state index is 0.0224. The predicted octanol–water partition coefficient (Wildman–Crippen LogP) is 6.00. The lowest BCUT2D eigenvalue weighted by Crippen LogP contribution is -2.49. The summed E-state index contributed by atoms with van der Waals surface area (Å²) in [5, 5.41) is 12.6. The van der Waals surface area contributed by atoms with E-state index in [-0.39, 0.29) is 17.0 Å². The molecular formula is C35H43F2N3O4. The minimum Gasteiger partial charge on any atom is -0.481 e. The van der Waals surface area contributed by atoms with Crippen LogP contribution in [-0.4, -0.2) is 52.3 Å². The van der Waals surface area contributed by atoms with E-state index in [1.807, 2.05) is 57.7 Å². The van der Waals surface area contributed by atoms with Crippen molar-refractivity contribution in [1.82, 2.24) is 14.8 Å². The molecule has 44 heavy (non-hydrogen) atoms. The fraction of sp³-hybridized carbons (Fsp3) is 0.457. The van der Waals surface area contributed by atoms with Crippen LogP contribution in [0.25, 0.3) is 11.1 Å². The largest absolute Gasteiger partial charge is 0.481 e. The molecule has 0 saturated carbocycles. The zero-order valence-electron chi connectivity index (χ0n) is 26.4. The summed E-state index contributed by atoms with van der Waals surface area (Å²) in [6.07, 6.45) is 1.25. The van der Waals surface area contributed by atoms with E-state index in [1.165, 1.54) is 10.6 Å². The summed E-state index contributed by atoms with van der Waals surface area (Å²) in [5.41, 5.74) is 5.37. The van der Waals surface area contributed by atoms with Gasteiger partial charge in [0.25, 0.3) is 5.56 Å². The van der Waals surface area contributed by atoms with Gasteiger partial charge in [0.05, 0.1) is 12.5 Å². The molecule has 0 spiro atoms. The highest BCUT2D eigenvalue weighted by Crippen LogP contribution is 2.33. The Labute approximate surface area is 257 Å². The lowest BCUT2D eigenvalue weighted by molar-refractivity contribution is -0.138. The van der Waals surface area contributed by atoms with E-state index in [0.717, 1.165) is 33.4 Å². The van der Waals surface area contributed by atoms with Gasteiger partial charge in [-0.05, 0) is 97.5 Å². The zero-order valence-corrected chi connectivity index (χ0v) is 26.4. The first kappa shape index (κ1) is 33.1. The number of aliphatic carboxylic acids is 1. The predicted molar refractivity (Wildman–Crippen MR) is 168 cm³/mol. The number of hydrogen-bond donors (Lipinski definition) is 2. The summed E-state index contributed by atoms with van der Waals surface area (Å²) in [7, 11) is 0. The van der Waals surface area contributed by atoms with Crippen molar-refractivity contribution in [3.8, 4) is 11.1 Å². The maximum atomic E-state index is 15.7. The van der Waals surface area contributed by atoms with E-state index in [9.17, 15) is 23.9 Å². The van der Waals surface area contributed by atoms with Gasteiger partial charge < -0.3 is 15.0 Å². The molecule has 2 aromatic carbocycles. The number of amides is 1. The third-order valence-electron chi connectivity index (χ3n) is 8.46. The first-order valence-corrected chi connectivity index (χ1v) is 15.2. The monoisotopic (exact) mass is 607 g/mol. The topological polar surface area (TPSA) is 91.6 Å². The van der Waals surface area contributed by atoms with E-state index in [4.69, 9.17) is 0 Å². The third kappa shape index (κ3) is 7.62. The van der Waals surface area contributed by atoms with Crippen LogP contribution >= 0.6 is 0 Å². The number of aryl methyl sites for hydroxylation is 4. The minimum atomic E-state index is -1.19. The van der Waals surface area contributed by atoms with Crippen LogP contribution in [0.15, 0.2) is 47.4 Å². The van der Waals surface area contributed by atoms with Crippen molar-refractivity contribution in [3.05, 3.63) is 92.1 Å². The fourth-order valence-corrected chi connectivity index (χ4v) is 6.10. The number of nitrogens with zero attached hydrogens (tertiary/aromatic N) is 2. The number of likely N-dealkylation sites (tertiary alicyclic amines) is 1. The molecule has 2 N–H and O–H groups in total. The van der Waals surface area contributed by atoms with E-state index >= 15 is 4.39 Å². The van der Waals surface area contributed by atoms with Crippen LogP contribution in [0.3, 0.4) is 0 Å². The molecular weight excluding hydrogens is 564 g/mol. The van der Waals surface area contributed by atoms with Crippen molar-refractivity contribution in [2.24, 2.45) is 5.92 Å². The Morgan fingerprint density at radius 3 is 2.27 bits per heavy atom. The van der Waals surface area contributed by atoms with Crippen molar-refractivity contribution in [2.75, 3.05) is 19.6 Å². The second kappa shape index (κ2) is 13.8. The van der Waals surface area contributed by atoms with Crippen LogP contribution in [0.1, 0.15) is 72.2 Å². The molecule has 3 aromatic rings. The molecule has 1 aliphatic heterocycles. The standard InChI is InChI=1S/C35H43F2N3O4/c1-20(2)12-30(40-17-25(23(5)14-31(40)41)10-11-39-18-27(36)19-39)35(44)38-29(16-32(42)43)28-15-26(13-24(6)34(28)37)33-21(3)8-7-9-22(33)4/h7-9,13-15,17,20,27,29-30H,10-12,16,18-19H2,1-6H3,(H,38,44)(H,42,43). The Kier molecular flexibility index (Phi) is 10.4. The van der Waals surface area contributed by atoms with Crippen LogP contribution in [0.4, 0.5) is 8.78 Å². The van der Waals surface area contributed by atoms with Gasteiger partial charge in [-0.1, -0.05) is 32.0 Å². The lowest BCUT2D eigenvalue weighted by atomic mass is 9.90. The maximum absolute atomic E-state index is 15.7. The summed E-state index contributed by atoms with van der Waals surface area (Å²) in [4.78, 5) is 41.2. The number of carboxylic acid groups (broad SMARTS) is 1. The Hall–Kier alpha value is -3.85. The van der Waals surface area contributed by atoms with Gasteiger partial charge in [0.2, 0.25) is 5.91 Å². The number of benzene rings is 2. The molecule has 0 bridgehead atoms. The highest BCUT2D eigenvalue weighted by atomic mass is 19.1. The molecule has 236 valence electrons. The van der Waals surface area contributed by atoms with Crippen molar-refractivity contribution >= 4 is 11.9 Å². The van der Waals surface area contributed by atoms with Crippen molar-refractivity contribution in [3.63, 3.8) is 0 Å². The van der Waals surface area contributed by atoms with Gasteiger partial charge in [0.1, 0.15) is 18.0 Å². The number of hydrogen-bond acceptors (Lipinski definition) is 4. The van der Waals surface area contributed by atoms with Gasteiger partial charge in [-0.15, -0.1) is 0 Å². The van der Waals surface area contributed by atoms with Gasteiger partial charge in [-0.3, -0.25) is 19.3 Å². The molecule has 1 aromatic heterocycles. The van der Waals surface area contributed by atoms with E-state index < -0.39 is 42.4 Å². The van der Waals surface area contributed by atoms with E-state index in [0.29, 0.717) is 38.0 Å². The number of halogens is 2. The Morgan fingerprint density at radius 1 is 1.02 bits per heavy atom. The van der Waals surface area contributed by atoms with Crippen molar-refractivity contribution in [2.45, 2.75) is 79.1 Å². The molecule has 2 atom stereocenters. The smallest absolute Gasteiger partial charge is 0.305 e. The average Bonchev–Trinajstić information content (AvgIpc) is 2.91. The second-order valence-electron chi connectivity index (χ2n) is 12.6. The SMILES string of the molecule is Cc1cc(=O)n(C(CC(C)C)C(=O)NC(CC(=O)O)c2cc(-c3c(C)cccc3C)cc(C)c2F)cc1CCN1CC(F)C1. The van der Waals surface area contributed by atoms with Crippen molar-refractivity contribution in [1.29, 1.82) is 0 Å². The van der Waals surface area contributed by atoms with Gasteiger partial charge in [-0.2, -0.15) is 0 Å². The lowest BCUT2D eigenvalue weighted by Gasteiger charge is -2.34. The van der Waals surface area contributed by atoms with Gasteiger partial charge in [-0.25, -0.2) is 8.78 Å². The summed E-state index contributed by atoms with van der Waals surface area (Å²) >= 11 is 0. The Balaban J connectivity index is 1.71. The van der Waals surface area contributed by atoms with Crippen LogP contribution in [-0.2, 0) is 16.0 Å². The number of alkyl halides is 1. The zero-order chi connectivity index (χ0) is 32.3. The first-order valence-electron chi connectivity index (χ1n) is 15.2. The second-order valence-corrected chi connectivity index (χ2v) is 12.6. The maximum Gasteiger partial charge on any atom is 0.305 e. The quantitative estimate of drug-likeness (QED) is 0.264. The summed E-state index contributed by atoms with van der Waals surface area (Å²) in [6.45, 7) is 12.7. The van der Waals surface area contributed by atoms with Gasteiger partial charge in [0, 0.05) is 37.5 Å². The first-order chi connectivity index (χ1) is 20.7. The molecule has 7 nitrogen and oxygen atoms in total. The fourth-order valence-electron chi connectivity index (χ4n) is 6.10. The van der Waals surface area contributed by atoms with Crippen LogP contribution in [0, 0.1) is 39.4 Å². The van der Waals surface area contributed by atoms with Crippen LogP contribution < -0.4 is 10.9 Å². The Bertz CT molecular complexity index is 1570. The molecule has 1 amide bonds. The number of aromatic nitrogens is 1. The Morgan fingerprint density at radius 2 is 1.68 bits per heavy atom. The van der Waals surface area contributed by atoms with Crippen LogP contribution in [0.2, 0.25) is 0 Å². The normalized spacial score (nSPS) is 15.2. The number of pyridine rings is 1. The van der Waals surface area contributed by atoms with Crippen LogP contribution in [0.5, 0.6) is 0 Å². The van der Waals surface area contributed by atoms with E-state index in [1.54, 1.807) is 25.3 Å². The number of carbonyl (C=O) groups excluding carboxylic acids is 1. The van der Waals surface area contributed by atoms with Gasteiger partial charge >= 0.3 is 5.97 Å². The summed E-state index contributed by atoms with van der Waals surface area (Å²) < 4.78 is 30.4. The number of nitrogens with one attached hydrogen (secondary N) is 1. The number of carboxylic acids is 1. The van der Waals surface area contributed by atoms with Gasteiger partial charge in [0.15, 0.2) is 0 Å². The molecule has 0 aliphatic carbocycles. The molecule has 9 heteroatoms. The molecule has 2 unspecified atom stereocenters. The summed E-state index contributed by atoms with van der Waals surface area (Å²) in [6, 6.07) is 8.60. The molecule has 4 rings (SSSR count). The number of rotatable bonds is 12. The molecule has 2 heterocycles. The highest BCUT2D eigenvalue weighted by Gasteiger charge is 2.30. The summed E-state index contributed by atoms with van der Waals surface area (Å²) in [5.74, 6) is -2.31. The van der Waals surface area contributed by atoms with E-state index in [2.05, 4.69) is 5.32 Å². The number of carbonyl (C=O) groups is 2. The third-order valence-corrected chi connectivity index (χ3v) is 8.46. The van der Waals surface area contributed by atoms with Crippen molar-refractivity contribution < 1.29 is 23.5 Å². The molecule has 1 aliphatic rings. The molecule has 1 saturated heterocycles. The molecule has 0 radical (unpaired) electrons. The molecule has 1 fully saturated rings. The highest BCUT2D eigenvalue weighted by molar-refractivity contribution is 5.82. The average molecular weight is 608 g/mol.